The number of benzene rings is 1. The number of carbonyl (C=O) groups is 1. The maximum atomic E-state index is 10.6. The summed E-state index contributed by atoms with van der Waals surface area (Å²) in [5.41, 5.74) is 2.41. The molecule has 0 aromatic heterocycles. The van der Waals surface area contributed by atoms with E-state index in [0.29, 0.717) is 6.54 Å². The van der Waals surface area contributed by atoms with Crippen LogP contribution in [0.3, 0.4) is 0 Å². The van der Waals surface area contributed by atoms with Crippen LogP contribution in [0.25, 0.3) is 5.57 Å². The third kappa shape index (κ3) is 3.32. The van der Waals surface area contributed by atoms with E-state index in [1.54, 1.807) is 0 Å². The zero-order valence-corrected chi connectivity index (χ0v) is 9.52. The maximum absolute atomic E-state index is 10.6. The van der Waals surface area contributed by atoms with Crippen LogP contribution in [-0.2, 0) is 0 Å². The SMILES string of the molecule is O=C(O)NC1CC=C(c2ccccc2)CNC1. The highest BCUT2D eigenvalue weighted by atomic mass is 16.4. The highest BCUT2D eigenvalue weighted by Gasteiger charge is 2.14. The van der Waals surface area contributed by atoms with Gasteiger partial charge in [0.15, 0.2) is 0 Å². The van der Waals surface area contributed by atoms with Crippen molar-refractivity contribution < 1.29 is 9.90 Å². The van der Waals surface area contributed by atoms with Crippen LogP contribution in [0, 0.1) is 0 Å². The van der Waals surface area contributed by atoms with Crippen molar-refractivity contribution in [3.63, 3.8) is 0 Å². The van der Waals surface area contributed by atoms with Gasteiger partial charge >= 0.3 is 6.09 Å². The molecule has 0 radical (unpaired) electrons. The zero-order chi connectivity index (χ0) is 12.1. The van der Waals surface area contributed by atoms with Crippen LogP contribution in [0.5, 0.6) is 0 Å². The molecule has 1 aromatic carbocycles. The fourth-order valence-electron chi connectivity index (χ4n) is 1.98. The molecule has 0 bridgehead atoms. The Morgan fingerprint density at radius 1 is 1.35 bits per heavy atom. The van der Waals surface area contributed by atoms with Gasteiger partial charge in [-0.2, -0.15) is 0 Å². The van der Waals surface area contributed by atoms with Crippen molar-refractivity contribution in [2.75, 3.05) is 13.1 Å². The first-order chi connectivity index (χ1) is 8.25. The van der Waals surface area contributed by atoms with Crippen molar-refractivity contribution in [2.24, 2.45) is 0 Å². The molecule has 1 aliphatic rings. The van der Waals surface area contributed by atoms with Crippen LogP contribution in [0.1, 0.15) is 12.0 Å². The van der Waals surface area contributed by atoms with Crippen molar-refractivity contribution in [2.45, 2.75) is 12.5 Å². The quantitative estimate of drug-likeness (QED) is 0.727. The summed E-state index contributed by atoms with van der Waals surface area (Å²) < 4.78 is 0. The topological polar surface area (TPSA) is 61.4 Å². The molecule has 1 unspecified atom stereocenters. The Bertz CT molecular complexity index is 415. The lowest BCUT2D eigenvalue weighted by Crippen LogP contribution is -2.40. The van der Waals surface area contributed by atoms with E-state index in [2.05, 4.69) is 28.8 Å². The van der Waals surface area contributed by atoms with Gasteiger partial charge in [-0.3, -0.25) is 0 Å². The summed E-state index contributed by atoms with van der Waals surface area (Å²) in [4.78, 5) is 10.6. The van der Waals surface area contributed by atoms with Crippen molar-refractivity contribution in [1.29, 1.82) is 0 Å². The first-order valence-electron chi connectivity index (χ1n) is 5.70. The van der Waals surface area contributed by atoms with Gasteiger partial charge in [0, 0.05) is 19.1 Å². The van der Waals surface area contributed by atoms with Gasteiger partial charge in [0.2, 0.25) is 0 Å². The molecule has 2 rings (SSSR count). The Balaban J connectivity index is 2.06. The van der Waals surface area contributed by atoms with Crippen LogP contribution in [0.15, 0.2) is 36.4 Å². The largest absolute Gasteiger partial charge is 0.465 e. The Morgan fingerprint density at radius 3 is 2.82 bits per heavy atom. The van der Waals surface area contributed by atoms with Crippen molar-refractivity contribution in [1.82, 2.24) is 10.6 Å². The van der Waals surface area contributed by atoms with Gasteiger partial charge in [-0.15, -0.1) is 0 Å². The summed E-state index contributed by atoms with van der Waals surface area (Å²) in [5, 5.41) is 14.4. The molecule has 1 aromatic rings. The van der Waals surface area contributed by atoms with Crippen LogP contribution < -0.4 is 10.6 Å². The molecule has 17 heavy (non-hydrogen) atoms. The highest BCUT2D eigenvalue weighted by molar-refractivity contribution is 5.68. The molecule has 1 atom stereocenters. The number of nitrogens with one attached hydrogen (secondary N) is 2. The lowest BCUT2D eigenvalue weighted by Gasteiger charge is -2.12. The second-order valence-electron chi connectivity index (χ2n) is 4.11. The molecule has 1 heterocycles. The fourth-order valence-corrected chi connectivity index (χ4v) is 1.98. The van der Waals surface area contributed by atoms with Crippen LogP contribution in [-0.4, -0.2) is 30.3 Å². The number of rotatable bonds is 2. The van der Waals surface area contributed by atoms with Gasteiger partial charge in [-0.25, -0.2) is 4.79 Å². The third-order valence-corrected chi connectivity index (χ3v) is 2.83. The second-order valence-corrected chi connectivity index (χ2v) is 4.11. The van der Waals surface area contributed by atoms with Crippen molar-refractivity contribution in [3.8, 4) is 0 Å². The molecular formula is C13H16N2O2. The second kappa shape index (κ2) is 5.50. The van der Waals surface area contributed by atoms with Gasteiger partial charge < -0.3 is 15.7 Å². The van der Waals surface area contributed by atoms with Crippen molar-refractivity contribution in [3.05, 3.63) is 42.0 Å². The van der Waals surface area contributed by atoms with Crippen LogP contribution >= 0.6 is 0 Å². The van der Waals surface area contributed by atoms with Gasteiger partial charge in [0.1, 0.15) is 0 Å². The summed E-state index contributed by atoms with van der Waals surface area (Å²) in [6.07, 6.45) is 1.87. The van der Waals surface area contributed by atoms with E-state index in [1.165, 1.54) is 11.1 Å². The minimum Gasteiger partial charge on any atom is -0.465 e. The Labute approximate surface area is 100 Å². The monoisotopic (exact) mass is 232 g/mol. The molecule has 0 saturated carbocycles. The highest BCUT2D eigenvalue weighted by Crippen LogP contribution is 2.16. The Morgan fingerprint density at radius 2 is 2.12 bits per heavy atom. The molecular weight excluding hydrogens is 216 g/mol. The van der Waals surface area contributed by atoms with Crippen LogP contribution in [0.2, 0.25) is 0 Å². The minimum absolute atomic E-state index is 0.0475. The zero-order valence-electron chi connectivity index (χ0n) is 9.52. The summed E-state index contributed by atoms with van der Waals surface area (Å²) in [5.74, 6) is 0. The van der Waals surface area contributed by atoms with E-state index in [9.17, 15) is 4.79 Å². The van der Waals surface area contributed by atoms with E-state index in [-0.39, 0.29) is 6.04 Å². The van der Waals surface area contributed by atoms with Crippen molar-refractivity contribution >= 4 is 11.7 Å². The molecule has 1 aliphatic heterocycles. The molecule has 1 amide bonds. The first-order valence-corrected chi connectivity index (χ1v) is 5.70. The lowest BCUT2D eigenvalue weighted by molar-refractivity contribution is 0.190. The molecule has 0 fully saturated rings. The average molecular weight is 232 g/mol. The molecule has 3 N–H and O–H groups in total. The number of hydrogen-bond donors (Lipinski definition) is 3. The van der Waals surface area contributed by atoms with E-state index in [4.69, 9.17) is 5.11 Å². The van der Waals surface area contributed by atoms with Crippen LogP contribution in [0.4, 0.5) is 4.79 Å². The summed E-state index contributed by atoms with van der Waals surface area (Å²) in [6, 6.07) is 10.1. The van der Waals surface area contributed by atoms with Gasteiger partial charge in [-0.1, -0.05) is 36.4 Å². The molecule has 0 saturated heterocycles. The molecule has 4 nitrogen and oxygen atoms in total. The van der Waals surface area contributed by atoms with Gasteiger partial charge in [0.25, 0.3) is 0 Å². The summed E-state index contributed by atoms with van der Waals surface area (Å²) in [7, 11) is 0. The smallest absolute Gasteiger partial charge is 0.404 e. The van der Waals surface area contributed by atoms with E-state index >= 15 is 0 Å². The number of hydrogen-bond acceptors (Lipinski definition) is 2. The molecule has 90 valence electrons. The van der Waals surface area contributed by atoms with E-state index < -0.39 is 6.09 Å². The predicted octanol–water partition coefficient (Wildman–Crippen LogP) is 1.70. The first kappa shape index (κ1) is 11.7. The normalized spacial score (nSPS) is 20.2. The Hall–Kier alpha value is -1.81. The summed E-state index contributed by atoms with van der Waals surface area (Å²) >= 11 is 0. The fraction of sp³-hybridized carbons (Fsp3) is 0.308. The Kier molecular flexibility index (Phi) is 3.77. The van der Waals surface area contributed by atoms with E-state index in [0.717, 1.165) is 13.0 Å². The standard InChI is InChI=1S/C13H16N2O2/c16-13(17)15-12-7-6-11(8-14-9-12)10-4-2-1-3-5-10/h1-6,12,14-15H,7-9H2,(H,16,17). The predicted molar refractivity (Wildman–Crippen MR) is 66.9 cm³/mol. The maximum Gasteiger partial charge on any atom is 0.404 e. The minimum atomic E-state index is -0.964. The molecule has 0 aliphatic carbocycles. The molecule has 4 heteroatoms. The number of amides is 1. The average Bonchev–Trinajstić information content (AvgIpc) is 2.55. The van der Waals surface area contributed by atoms with Gasteiger partial charge in [-0.05, 0) is 17.6 Å². The summed E-state index contributed by atoms with van der Waals surface area (Å²) in [6.45, 7) is 1.45. The van der Waals surface area contributed by atoms with Gasteiger partial charge in [0.05, 0.1) is 0 Å². The third-order valence-electron chi connectivity index (χ3n) is 2.83. The molecule has 0 spiro atoms. The van der Waals surface area contributed by atoms with E-state index in [1.807, 2.05) is 18.2 Å². The number of carboxylic acid groups (broad SMARTS) is 1. The lowest BCUT2D eigenvalue weighted by atomic mass is 10.0.